The Kier molecular flexibility index (Phi) is 4.58. The first-order valence-corrected chi connectivity index (χ1v) is 6.28. The summed E-state index contributed by atoms with van der Waals surface area (Å²) in [7, 11) is 0. The summed E-state index contributed by atoms with van der Waals surface area (Å²) in [6.45, 7) is 5.73. The molecule has 0 fully saturated rings. The van der Waals surface area contributed by atoms with Gasteiger partial charge in [-0.05, 0) is 73.3 Å². The van der Waals surface area contributed by atoms with Crippen molar-refractivity contribution in [2.75, 3.05) is 0 Å². The quantitative estimate of drug-likeness (QED) is 0.504. The lowest BCUT2D eigenvalue weighted by molar-refractivity contribution is 0.0515. The highest BCUT2D eigenvalue weighted by molar-refractivity contribution is 14.1. The summed E-state index contributed by atoms with van der Waals surface area (Å²) in [4.78, 5) is 14.6. The van der Waals surface area contributed by atoms with Gasteiger partial charge in [0.1, 0.15) is 0 Å². The van der Waals surface area contributed by atoms with Gasteiger partial charge in [0.25, 0.3) is 5.91 Å². The number of nitrogens with zero attached hydrogens (tertiary/aromatic N) is 1. The fourth-order valence-corrected chi connectivity index (χ4v) is 2.09. The van der Waals surface area contributed by atoms with E-state index < -0.39 is 0 Å². The van der Waals surface area contributed by atoms with Gasteiger partial charge in [0.15, 0.2) is 0 Å². The van der Waals surface area contributed by atoms with E-state index >= 15 is 0 Å². The molecule has 0 aliphatic rings. The summed E-state index contributed by atoms with van der Waals surface area (Å²) in [5, 5.41) is 1.40. The molecule has 0 saturated carbocycles. The topological polar surface area (TPSA) is 32.3 Å². The predicted octanol–water partition coefficient (Wildman–Crippen LogP) is 3.19. The van der Waals surface area contributed by atoms with Crippen molar-refractivity contribution in [2.45, 2.75) is 26.3 Å². The Morgan fingerprint density at radius 1 is 1.44 bits per heavy atom. The van der Waals surface area contributed by atoms with Crippen LogP contribution in [0, 0.1) is 3.57 Å². The number of nitrogens with one attached hydrogen (secondary N) is 1. The number of hydrazine groups is 1. The van der Waals surface area contributed by atoms with Crippen molar-refractivity contribution >= 4 is 40.3 Å². The lowest BCUT2D eigenvalue weighted by atomic mass is 10.1. The van der Waals surface area contributed by atoms with Crippen LogP contribution in [0.3, 0.4) is 0 Å². The minimum absolute atomic E-state index is 0.138. The molecule has 0 heterocycles. The van der Waals surface area contributed by atoms with Crippen molar-refractivity contribution in [3.63, 3.8) is 0 Å². The molecule has 5 heteroatoms. The number of hydrogen-bond donors (Lipinski definition) is 1. The Morgan fingerprint density at radius 3 is 2.50 bits per heavy atom. The molecule has 1 aromatic rings. The van der Waals surface area contributed by atoms with Gasteiger partial charge in [-0.3, -0.25) is 9.80 Å². The molecule has 88 valence electrons. The molecule has 1 amide bonds. The van der Waals surface area contributed by atoms with Gasteiger partial charge in [0, 0.05) is 9.13 Å². The first-order chi connectivity index (χ1) is 7.36. The first kappa shape index (κ1) is 13.7. The zero-order valence-corrected chi connectivity index (χ0v) is 12.3. The van der Waals surface area contributed by atoms with E-state index in [0.717, 1.165) is 3.57 Å². The van der Waals surface area contributed by atoms with E-state index in [1.807, 2.05) is 39.0 Å². The van der Waals surface area contributed by atoms with Crippen molar-refractivity contribution in [1.82, 2.24) is 9.95 Å². The van der Waals surface area contributed by atoms with Crippen LogP contribution in [0.25, 0.3) is 0 Å². The van der Waals surface area contributed by atoms with E-state index in [4.69, 9.17) is 11.8 Å². The van der Waals surface area contributed by atoms with Gasteiger partial charge in [-0.1, -0.05) is 6.07 Å². The minimum atomic E-state index is -0.375. The molecule has 1 N–H and O–H groups in total. The third-order valence-electron chi connectivity index (χ3n) is 2.03. The summed E-state index contributed by atoms with van der Waals surface area (Å²) in [5.74, 6) is -0.138. The van der Waals surface area contributed by atoms with Crippen molar-refractivity contribution in [3.05, 3.63) is 33.4 Å². The molecule has 0 saturated heterocycles. The van der Waals surface area contributed by atoms with Crippen molar-refractivity contribution in [1.29, 1.82) is 0 Å². The zero-order chi connectivity index (χ0) is 12.3. The van der Waals surface area contributed by atoms with Gasteiger partial charge in [0.2, 0.25) is 0 Å². The van der Waals surface area contributed by atoms with Crippen molar-refractivity contribution in [3.8, 4) is 0 Å². The Labute approximate surface area is 114 Å². The van der Waals surface area contributed by atoms with Crippen LogP contribution in [0.4, 0.5) is 0 Å². The summed E-state index contributed by atoms with van der Waals surface area (Å²) in [6.07, 6.45) is 0. The number of rotatable bonds is 2. The smallest absolute Gasteiger partial charge is 0.268 e. The molecule has 1 aromatic carbocycles. The van der Waals surface area contributed by atoms with Crippen LogP contribution in [-0.4, -0.2) is 16.5 Å². The second-order valence-corrected chi connectivity index (χ2v) is 5.82. The van der Waals surface area contributed by atoms with E-state index in [1.165, 1.54) is 5.01 Å². The molecule has 16 heavy (non-hydrogen) atoms. The van der Waals surface area contributed by atoms with E-state index in [1.54, 1.807) is 6.07 Å². The number of hydrogen-bond acceptors (Lipinski definition) is 2. The molecule has 0 radical (unpaired) electrons. The van der Waals surface area contributed by atoms with Gasteiger partial charge >= 0.3 is 0 Å². The number of amides is 1. The Hall–Kier alpha value is -0.330. The average Bonchev–Trinajstić information content (AvgIpc) is 2.16. The second kappa shape index (κ2) is 5.33. The summed E-state index contributed by atoms with van der Waals surface area (Å²) >= 11 is 7.76. The Morgan fingerprint density at radius 2 is 2.06 bits per heavy atom. The van der Waals surface area contributed by atoms with Crippen LogP contribution < -0.4 is 4.94 Å². The first-order valence-electron chi connectivity index (χ1n) is 4.82. The number of benzene rings is 1. The van der Waals surface area contributed by atoms with Gasteiger partial charge in [0.05, 0.1) is 5.54 Å². The zero-order valence-electron chi connectivity index (χ0n) is 9.42. The molecule has 0 unspecified atom stereocenters. The summed E-state index contributed by atoms with van der Waals surface area (Å²) < 4.78 is 1.02. The lowest BCUT2D eigenvalue weighted by Gasteiger charge is -2.33. The fraction of sp³-hybridized carbons (Fsp3) is 0.364. The van der Waals surface area contributed by atoms with Gasteiger partial charge in [-0.15, -0.1) is 4.94 Å². The monoisotopic (exact) mass is 352 g/mol. The molecule has 0 spiro atoms. The normalized spacial score (nSPS) is 11.3. The van der Waals surface area contributed by atoms with E-state index in [2.05, 4.69) is 27.5 Å². The van der Waals surface area contributed by atoms with Crippen LogP contribution >= 0.6 is 34.4 Å². The summed E-state index contributed by atoms with van der Waals surface area (Å²) in [5.41, 5.74) is 0.245. The van der Waals surface area contributed by atoms with E-state index in [0.29, 0.717) is 5.56 Å². The van der Waals surface area contributed by atoms with Crippen LogP contribution in [-0.2, 0) is 0 Å². The maximum Gasteiger partial charge on any atom is 0.269 e. The maximum absolute atomic E-state index is 12.2. The SMILES string of the molecule is CC(C)(C)N(NCl)C(=O)c1cccc(I)c1. The Bertz CT molecular complexity index is 390. The molecule has 0 aliphatic heterocycles. The molecule has 3 nitrogen and oxygen atoms in total. The van der Waals surface area contributed by atoms with Gasteiger partial charge in [-0.2, -0.15) is 0 Å². The second-order valence-electron chi connectivity index (χ2n) is 4.41. The van der Waals surface area contributed by atoms with Crippen LogP contribution in [0.15, 0.2) is 24.3 Å². The Balaban J connectivity index is 3.01. The maximum atomic E-state index is 12.2. The molecule has 1 rings (SSSR count). The third-order valence-corrected chi connectivity index (χ3v) is 2.87. The van der Waals surface area contributed by atoms with Crippen molar-refractivity contribution in [2.24, 2.45) is 0 Å². The van der Waals surface area contributed by atoms with Crippen LogP contribution in [0.5, 0.6) is 0 Å². The van der Waals surface area contributed by atoms with Crippen LogP contribution in [0.2, 0.25) is 0 Å². The predicted molar refractivity (Wildman–Crippen MR) is 74.1 cm³/mol. The summed E-state index contributed by atoms with van der Waals surface area (Å²) in [6, 6.07) is 7.39. The molecule has 0 atom stereocenters. The van der Waals surface area contributed by atoms with E-state index in [9.17, 15) is 4.79 Å². The number of halogens is 2. The molecule has 0 aliphatic carbocycles. The molecular weight excluding hydrogens is 338 g/mol. The number of carbonyl (C=O) groups is 1. The van der Waals surface area contributed by atoms with Crippen molar-refractivity contribution < 1.29 is 4.79 Å². The standard InChI is InChI=1S/C11H14ClIN2O/c1-11(2,3)15(14-12)10(16)8-5-4-6-9(13)7-8/h4-7,14H,1-3H3. The minimum Gasteiger partial charge on any atom is -0.268 e. The highest BCUT2D eigenvalue weighted by Crippen LogP contribution is 2.16. The van der Waals surface area contributed by atoms with Gasteiger partial charge in [-0.25, -0.2) is 0 Å². The van der Waals surface area contributed by atoms with Gasteiger partial charge < -0.3 is 0 Å². The average molecular weight is 353 g/mol. The molecule has 0 bridgehead atoms. The third kappa shape index (κ3) is 3.33. The highest BCUT2D eigenvalue weighted by atomic mass is 127. The lowest BCUT2D eigenvalue weighted by Crippen LogP contribution is -2.50. The molecular formula is C11H14ClIN2O. The largest absolute Gasteiger partial charge is 0.269 e. The van der Waals surface area contributed by atoms with Crippen LogP contribution in [0.1, 0.15) is 31.1 Å². The fourth-order valence-electron chi connectivity index (χ4n) is 1.22. The van der Waals surface area contributed by atoms with E-state index in [-0.39, 0.29) is 11.4 Å². The number of carbonyl (C=O) groups excluding carboxylic acids is 1. The molecule has 0 aromatic heterocycles. The highest BCUT2D eigenvalue weighted by Gasteiger charge is 2.27.